The third kappa shape index (κ3) is 3.02. The maximum absolute atomic E-state index is 12.9. The van der Waals surface area contributed by atoms with Gasteiger partial charge in [-0.15, -0.1) is 0 Å². The minimum absolute atomic E-state index is 0.167. The van der Waals surface area contributed by atoms with E-state index in [9.17, 15) is 18.0 Å². The van der Waals surface area contributed by atoms with E-state index in [0.29, 0.717) is 23.5 Å². The van der Waals surface area contributed by atoms with Gasteiger partial charge in [0.25, 0.3) is 5.91 Å². The highest BCUT2D eigenvalue weighted by Gasteiger charge is 2.34. The Hall–Kier alpha value is -3.69. The predicted octanol–water partition coefficient (Wildman–Crippen LogP) is 3.07. The summed E-state index contributed by atoms with van der Waals surface area (Å²) in [7, 11) is 0. The zero-order valence-corrected chi connectivity index (χ0v) is 14.7. The van der Waals surface area contributed by atoms with Crippen LogP contribution in [-0.4, -0.2) is 45.7 Å². The third-order valence-electron chi connectivity index (χ3n) is 4.72. The van der Waals surface area contributed by atoms with Gasteiger partial charge in [0.2, 0.25) is 0 Å². The Labute approximate surface area is 162 Å². The van der Waals surface area contributed by atoms with Crippen molar-refractivity contribution in [1.82, 2.24) is 20.2 Å². The van der Waals surface area contributed by atoms with Crippen LogP contribution < -0.4 is 5.32 Å². The topological polar surface area (TPSA) is 85.7 Å². The zero-order valence-electron chi connectivity index (χ0n) is 14.7. The van der Waals surface area contributed by atoms with Crippen molar-refractivity contribution >= 4 is 34.8 Å². The standard InChI is InChI=1S/C19H13F3N6O/c20-19(21,22)10-5-6-11-14(7-10)23-9-28-8-15(26-17(11)28)27-18(29)16-24-12-3-1-2-4-13(12)25-16/h1-7,9,15H,8H2,(H,24,25)(H,27,29). The molecule has 0 aliphatic carbocycles. The Morgan fingerprint density at radius 3 is 2.83 bits per heavy atom. The second-order valence-electron chi connectivity index (χ2n) is 6.67. The predicted molar refractivity (Wildman–Crippen MR) is 100 cm³/mol. The van der Waals surface area contributed by atoms with Crippen LogP contribution in [0.25, 0.3) is 11.0 Å². The molecule has 29 heavy (non-hydrogen) atoms. The first-order chi connectivity index (χ1) is 13.9. The van der Waals surface area contributed by atoms with Gasteiger partial charge in [-0.1, -0.05) is 12.1 Å². The number of alkyl halides is 3. The van der Waals surface area contributed by atoms with Crippen molar-refractivity contribution in [2.75, 3.05) is 6.54 Å². The summed E-state index contributed by atoms with van der Waals surface area (Å²) in [6.07, 6.45) is -3.60. The van der Waals surface area contributed by atoms with E-state index in [1.54, 1.807) is 11.0 Å². The first-order valence-corrected chi connectivity index (χ1v) is 8.74. The van der Waals surface area contributed by atoms with Crippen LogP contribution in [0.15, 0.2) is 52.4 Å². The summed E-state index contributed by atoms with van der Waals surface area (Å²) in [5, 5.41) is 2.78. The highest BCUT2D eigenvalue weighted by molar-refractivity contribution is 6.11. The fraction of sp³-hybridized carbons (Fsp3) is 0.158. The molecule has 0 fully saturated rings. The number of carbonyl (C=O) groups is 1. The number of carbonyl (C=O) groups excluding carboxylic acids is 1. The van der Waals surface area contributed by atoms with E-state index < -0.39 is 23.8 Å². The number of nitrogens with one attached hydrogen (secondary N) is 2. The van der Waals surface area contributed by atoms with Crippen molar-refractivity contribution in [3.63, 3.8) is 0 Å². The number of fused-ring (bicyclic) bond motifs is 4. The maximum Gasteiger partial charge on any atom is 0.416 e. The summed E-state index contributed by atoms with van der Waals surface area (Å²) < 4.78 is 38.8. The lowest BCUT2D eigenvalue weighted by Crippen LogP contribution is -2.38. The first-order valence-electron chi connectivity index (χ1n) is 8.74. The van der Waals surface area contributed by atoms with Crippen LogP contribution in [0.4, 0.5) is 18.9 Å². The maximum atomic E-state index is 12.9. The molecule has 146 valence electrons. The van der Waals surface area contributed by atoms with E-state index in [-0.39, 0.29) is 11.5 Å². The SMILES string of the molecule is O=C(NC1CN2C=Nc3cc(C(F)(F)F)ccc3C2=N1)c1nc2ccccc2[nH]1. The van der Waals surface area contributed by atoms with Crippen molar-refractivity contribution in [3.05, 3.63) is 59.4 Å². The van der Waals surface area contributed by atoms with E-state index in [1.165, 1.54) is 12.4 Å². The number of amides is 1. The van der Waals surface area contributed by atoms with Crippen LogP contribution in [0, 0.1) is 0 Å². The molecule has 3 aromatic rings. The second-order valence-corrected chi connectivity index (χ2v) is 6.67. The summed E-state index contributed by atoms with van der Waals surface area (Å²) in [5.74, 6) is 0.221. The summed E-state index contributed by atoms with van der Waals surface area (Å²) in [5.41, 5.74) is 1.33. The zero-order chi connectivity index (χ0) is 20.2. The quantitative estimate of drug-likeness (QED) is 0.696. The van der Waals surface area contributed by atoms with Crippen LogP contribution in [0.3, 0.4) is 0 Å². The van der Waals surface area contributed by atoms with Crippen molar-refractivity contribution in [3.8, 4) is 0 Å². The molecule has 0 saturated carbocycles. The molecular formula is C19H13F3N6O. The molecule has 2 aliphatic heterocycles. The highest BCUT2D eigenvalue weighted by atomic mass is 19.4. The minimum Gasteiger partial charge on any atom is -0.334 e. The van der Waals surface area contributed by atoms with Gasteiger partial charge in [-0.2, -0.15) is 13.2 Å². The van der Waals surface area contributed by atoms with Crippen molar-refractivity contribution in [2.24, 2.45) is 9.98 Å². The number of imidazole rings is 1. The number of hydrogen-bond donors (Lipinski definition) is 2. The van der Waals surface area contributed by atoms with Gasteiger partial charge in [-0.05, 0) is 30.3 Å². The lowest BCUT2D eigenvalue weighted by Gasteiger charge is -2.21. The molecule has 1 aromatic heterocycles. The molecule has 0 bridgehead atoms. The Balaban J connectivity index is 1.39. The second kappa shape index (κ2) is 6.16. The smallest absolute Gasteiger partial charge is 0.334 e. The van der Waals surface area contributed by atoms with E-state index in [4.69, 9.17) is 0 Å². The molecule has 3 heterocycles. The lowest BCUT2D eigenvalue weighted by atomic mass is 10.1. The molecule has 7 nitrogen and oxygen atoms in total. The van der Waals surface area contributed by atoms with Gasteiger partial charge >= 0.3 is 6.18 Å². The normalized spacial score (nSPS) is 17.8. The fourth-order valence-electron chi connectivity index (χ4n) is 3.36. The fourth-order valence-corrected chi connectivity index (χ4v) is 3.36. The summed E-state index contributed by atoms with van der Waals surface area (Å²) in [6, 6.07) is 10.6. The monoisotopic (exact) mass is 398 g/mol. The van der Waals surface area contributed by atoms with Gasteiger partial charge in [-0.3, -0.25) is 4.79 Å². The van der Waals surface area contributed by atoms with Gasteiger partial charge in [0.05, 0.1) is 35.2 Å². The average molecular weight is 398 g/mol. The van der Waals surface area contributed by atoms with Crippen LogP contribution in [0.1, 0.15) is 21.7 Å². The Bertz CT molecular complexity index is 1160. The number of aromatic nitrogens is 2. The van der Waals surface area contributed by atoms with Gasteiger partial charge in [-0.25, -0.2) is 15.0 Å². The van der Waals surface area contributed by atoms with Crippen LogP contribution in [0.5, 0.6) is 0 Å². The summed E-state index contributed by atoms with van der Waals surface area (Å²) in [6.45, 7) is 0.325. The van der Waals surface area contributed by atoms with Gasteiger partial charge in [0.15, 0.2) is 5.82 Å². The van der Waals surface area contributed by atoms with Crippen molar-refractivity contribution in [1.29, 1.82) is 0 Å². The molecule has 10 heteroatoms. The number of hydrogen-bond acceptors (Lipinski definition) is 5. The molecule has 0 radical (unpaired) electrons. The lowest BCUT2D eigenvalue weighted by molar-refractivity contribution is -0.137. The number of amidine groups is 1. The molecule has 2 aliphatic rings. The number of aromatic amines is 1. The van der Waals surface area contributed by atoms with Crippen LogP contribution in [0.2, 0.25) is 0 Å². The molecule has 1 amide bonds. The molecule has 5 rings (SSSR count). The van der Waals surface area contributed by atoms with E-state index in [1.807, 2.05) is 18.2 Å². The number of halogens is 3. The van der Waals surface area contributed by atoms with Gasteiger partial charge < -0.3 is 15.2 Å². The third-order valence-corrected chi connectivity index (χ3v) is 4.72. The van der Waals surface area contributed by atoms with Gasteiger partial charge in [0.1, 0.15) is 12.0 Å². The Kier molecular flexibility index (Phi) is 3.70. The van der Waals surface area contributed by atoms with Gasteiger partial charge in [0, 0.05) is 5.56 Å². The number of para-hydroxylation sites is 2. The number of rotatable bonds is 2. The van der Waals surface area contributed by atoms with Crippen molar-refractivity contribution < 1.29 is 18.0 Å². The molecule has 0 saturated heterocycles. The number of nitrogens with zero attached hydrogens (tertiary/aromatic N) is 4. The van der Waals surface area contributed by atoms with Crippen LogP contribution in [-0.2, 0) is 6.18 Å². The average Bonchev–Trinajstić information content (AvgIpc) is 3.30. The molecule has 0 spiro atoms. The Morgan fingerprint density at radius 2 is 2.03 bits per heavy atom. The summed E-state index contributed by atoms with van der Waals surface area (Å²) >= 11 is 0. The molecular weight excluding hydrogens is 385 g/mol. The molecule has 1 atom stereocenters. The van der Waals surface area contributed by atoms with Crippen LogP contribution >= 0.6 is 0 Å². The first kappa shape index (κ1) is 17.4. The molecule has 1 unspecified atom stereocenters. The number of benzene rings is 2. The van der Waals surface area contributed by atoms with Crippen molar-refractivity contribution in [2.45, 2.75) is 12.3 Å². The molecule has 2 N–H and O–H groups in total. The van der Waals surface area contributed by atoms with E-state index >= 15 is 0 Å². The number of H-pyrrole nitrogens is 1. The Morgan fingerprint density at radius 1 is 1.21 bits per heavy atom. The number of aliphatic imine (C=N–C) groups is 2. The van der Waals surface area contributed by atoms with E-state index in [0.717, 1.165) is 17.6 Å². The largest absolute Gasteiger partial charge is 0.416 e. The summed E-state index contributed by atoms with van der Waals surface area (Å²) in [4.78, 5) is 30.0. The molecule has 2 aromatic carbocycles. The highest BCUT2D eigenvalue weighted by Crippen LogP contribution is 2.35. The van der Waals surface area contributed by atoms with E-state index in [2.05, 4.69) is 25.3 Å². The minimum atomic E-state index is -4.44.